The molecule has 0 aliphatic heterocycles. The molecule has 0 radical (unpaired) electrons. The van der Waals surface area contributed by atoms with Crippen LogP contribution < -0.4 is 14.8 Å². The van der Waals surface area contributed by atoms with Crippen LogP contribution in [0.3, 0.4) is 0 Å². The number of methoxy groups -OCH3 is 1. The molecular formula is C27H21F2N5O4S. The molecule has 0 saturated carbocycles. The van der Waals surface area contributed by atoms with Crippen molar-refractivity contribution in [3.05, 3.63) is 102 Å². The van der Waals surface area contributed by atoms with Crippen molar-refractivity contribution in [2.75, 3.05) is 17.1 Å². The van der Waals surface area contributed by atoms with Gasteiger partial charge in [0.15, 0.2) is 5.65 Å². The highest BCUT2D eigenvalue weighted by Crippen LogP contribution is 2.28. The summed E-state index contributed by atoms with van der Waals surface area (Å²) in [5, 5.41) is 6.59. The zero-order chi connectivity index (χ0) is 27.6. The predicted molar refractivity (Wildman–Crippen MR) is 142 cm³/mol. The van der Waals surface area contributed by atoms with E-state index in [1.165, 1.54) is 37.4 Å². The van der Waals surface area contributed by atoms with Crippen LogP contribution >= 0.6 is 0 Å². The van der Waals surface area contributed by atoms with E-state index in [1.807, 2.05) is 0 Å². The molecule has 198 valence electrons. The number of para-hydroxylation sites is 2. The van der Waals surface area contributed by atoms with Crippen LogP contribution in [0.4, 0.5) is 20.2 Å². The van der Waals surface area contributed by atoms with Crippen LogP contribution in [0.25, 0.3) is 16.9 Å². The Kier molecular flexibility index (Phi) is 6.94. The highest BCUT2D eigenvalue weighted by atomic mass is 32.2. The van der Waals surface area contributed by atoms with Crippen molar-refractivity contribution < 1.29 is 26.7 Å². The monoisotopic (exact) mass is 549 g/mol. The number of hydrogen-bond acceptors (Lipinski definition) is 6. The Morgan fingerprint density at radius 3 is 2.36 bits per heavy atom. The average Bonchev–Trinajstić information content (AvgIpc) is 3.37. The number of sulfonamides is 1. The SMILES string of the molecule is COc1ccccc1NS(=O)(=O)c1ccc(NC(=O)c2cnn3c(C(F)F)cc(-c4ccccc4)nc23)cc1. The van der Waals surface area contributed by atoms with Crippen molar-refractivity contribution >= 4 is 33.0 Å². The molecule has 39 heavy (non-hydrogen) atoms. The number of amides is 1. The molecule has 5 rings (SSSR count). The van der Waals surface area contributed by atoms with Crippen LogP contribution in [-0.2, 0) is 10.0 Å². The molecular weight excluding hydrogens is 528 g/mol. The second-order valence-corrected chi connectivity index (χ2v) is 9.99. The Bertz CT molecular complexity index is 1760. The van der Waals surface area contributed by atoms with Crippen LogP contribution in [0.5, 0.6) is 5.75 Å². The third-order valence-electron chi connectivity index (χ3n) is 5.81. The molecule has 0 saturated heterocycles. The lowest BCUT2D eigenvalue weighted by molar-refractivity contribution is 0.102. The van der Waals surface area contributed by atoms with Gasteiger partial charge in [-0.25, -0.2) is 26.7 Å². The zero-order valence-electron chi connectivity index (χ0n) is 20.4. The third kappa shape index (κ3) is 5.27. The fourth-order valence-electron chi connectivity index (χ4n) is 3.91. The van der Waals surface area contributed by atoms with Crippen molar-refractivity contribution in [1.82, 2.24) is 14.6 Å². The molecule has 0 aliphatic carbocycles. The first-order valence-corrected chi connectivity index (χ1v) is 13.0. The smallest absolute Gasteiger partial charge is 0.280 e. The predicted octanol–water partition coefficient (Wildman–Crippen LogP) is 5.40. The fourth-order valence-corrected chi connectivity index (χ4v) is 4.98. The first-order chi connectivity index (χ1) is 18.8. The molecule has 12 heteroatoms. The summed E-state index contributed by atoms with van der Waals surface area (Å²) in [4.78, 5) is 17.5. The van der Waals surface area contributed by atoms with Gasteiger partial charge in [0.2, 0.25) is 0 Å². The minimum absolute atomic E-state index is 0.0239. The average molecular weight is 550 g/mol. The lowest BCUT2D eigenvalue weighted by Crippen LogP contribution is -2.15. The quantitative estimate of drug-likeness (QED) is 0.268. The van der Waals surface area contributed by atoms with Gasteiger partial charge in [0.05, 0.1) is 29.6 Å². The van der Waals surface area contributed by atoms with Gasteiger partial charge in [0, 0.05) is 11.3 Å². The van der Waals surface area contributed by atoms with Gasteiger partial charge in [0.1, 0.15) is 17.0 Å². The normalized spacial score (nSPS) is 11.5. The lowest BCUT2D eigenvalue weighted by Gasteiger charge is -2.12. The van der Waals surface area contributed by atoms with Gasteiger partial charge in [-0.05, 0) is 42.5 Å². The van der Waals surface area contributed by atoms with Gasteiger partial charge in [0.25, 0.3) is 22.4 Å². The van der Waals surface area contributed by atoms with Crippen LogP contribution in [-0.4, -0.2) is 36.0 Å². The Labute approximate surface area is 222 Å². The fraction of sp³-hybridized carbons (Fsp3) is 0.0741. The van der Waals surface area contributed by atoms with Crippen LogP contribution in [0.1, 0.15) is 22.5 Å². The number of benzene rings is 3. The van der Waals surface area contributed by atoms with E-state index in [0.717, 1.165) is 10.7 Å². The Morgan fingerprint density at radius 1 is 0.974 bits per heavy atom. The van der Waals surface area contributed by atoms with Gasteiger partial charge >= 0.3 is 0 Å². The number of fused-ring (bicyclic) bond motifs is 1. The molecule has 2 N–H and O–H groups in total. The van der Waals surface area contributed by atoms with Crippen LogP contribution in [0, 0.1) is 0 Å². The standard InChI is InChI=1S/C27H21F2N5O4S/c1-38-24-10-6-5-9-21(24)33-39(36,37)19-13-11-18(12-14-19)31-27(35)20-16-30-34-23(25(28)29)15-22(32-26(20)34)17-7-3-2-4-8-17/h2-16,25,33H,1H3,(H,31,35). The number of halogens is 2. The largest absolute Gasteiger partial charge is 0.495 e. The maximum Gasteiger partial charge on any atom is 0.280 e. The van der Waals surface area contributed by atoms with E-state index >= 15 is 0 Å². The van der Waals surface area contributed by atoms with Crippen molar-refractivity contribution in [1.29, 1.82) is 0 Å². The summed E-state index contributed by atoms with van der Waals surface area (Å²) in [7, 11) is -2.51. The summed E-state index contributed by atoms with van der Waals surface area (Å²) < 4.78 is 61.9. The summed E-state index contributed by atoms with van der Waals surface area (Å²) in [5.41, 5.74) is 0.960. The second-order valence-electron chi connectivity index (χ2n) is 8.31. The minimum atomic E-state index is -3.94. The van der Waals surface area contributed by atoms with E-state index in [4.69, 9.17) is 4.74 Å². The number of aromatic nitrogens is 3. The summed E-state index contributed by atoms with van der Waals surface area (Å²) >= 11 is 0. The van der Waals surface area contributed by atoms with E-state index < -0.39 is 28.0 Å². The molecule has 2 aromatic heterocycles. The highest BCUT2D eigenvalue weighted by Gasteiger charge is 2.22. The van der Waals surface area contributed by atoms with Crippen molar-refractivity contribution in [3.8, 4) is 17.0 Å². The molecule has 0 aliphatic rings. The van der Waals surface area contributed by atoms with Crippen molar-refractivity contribution in [2.24, 2.45) is 0 Å². The second kappa shape index (κ2) is 10.5. The van der Waals surface area contributed by atoms with E-state index in [-0.39, 0.29) is 33.2 Å². The number of carbonyl (C=O) groups is 1. The van der Waals surface area contributed by atoms with Crippen molar-refractivity contribution in [2.45, 2.75) is 11.3 Å². The number of carbonyl (C=O) groups excluding carboxylic acids is 1. The minimum Gasteiger partial charge on any atom is -0.495 e. The summed E-state index contributed by atoms with van der Waals surface area (Å²) in [6.07, 6.45) is -1.69. The number of hydrogen-bond donors (Lipinski definition) is 2. The summed E-state index contributed by atoms with van der Waals surface area (Å²) in [5.74, 6) is -0.289. The van der Waals surface area contributed by atoms with Gasteiger partial charge in [-0.2, -0.15) is 5.10 Å². The topological polar surface area (TPSA) is 115 Å². The molecule has 2 heterocycles. The number of anilines is 2. The number of rotatable bonds is 8. The number of nitrogens with one attached hydrogen (secondary N) is 2. The number of alkyl halides is 2. The number of ether oxygens (including phenoxy) is 1. The lowest BCUT2D eigenvalue weighted by atomic mass is 10.1. The molecule has 3 aromatic carbocycles. The van der Waals surface area contributed by atoms with Gasteiger partial charge in [-0.1, -0.05) is 42.5 Å². The molecule has 0 spiro atoms. The van der Waals surface area contributed by atoms with E-state index in [1.54, 1.807) is 54.6 Å². The Hall–Kier alpha value is -4.84. The first kappa shape index (κ1) is 25.8. The molecule has 0 atom stereocenters. The third-order valence-corrected chi connectivity index (χ3v) is 7.19. The maximum absolute atomic E-state index is 13.8. The van der Waals surface area contributed by atoms with Gasteiger partial charge in [-0.15, -0.1) is 0 Å². The van der Waals surface area contributed by atoms with Gasteiger partial charge < -0.3 is 10.1 Å². The molecule has 9 nitrogen and oxygen atoms in total. The molecule has 0 unspecified atom stereocenters. The zero-order valence-corrected chi connectivity index (χ0v) is 21.2. The number of nitrogens with zero attached hydrogens (tertiary/aromatic N) is 3. The summed E-state index contributed by atoms with van der Waals surface area (Å²) in [6.45, 7) is 0. The maximum atomic E-state index is 13.8. The Balaban J connectivity index is 1.40. The Morgan fingerprint density at radius 2 is 1.67 bits per heavy atom. The highest BCUT2D eigenvalue weighted by molar-refractivity contribution is 7.92. The van der Waals surface area contributed by atoms with E-state index in [0.29, 0.717) is 11.3 Å². The summed E-state index contributed by atoms with van der Waals surface area (Å²) in [6, 6.07) is 22.0. The van der Waals surface area contributed by atoms with Crippen LogP contribution in [0.2, 0.25) is 0 Å². The first-order valence-electron chi connectivity index (χ1n) is 11.6. The van der Waals surface area contributed by atoms with Gasteiger partial charge in [-0.3, -0.25) is 9.52 Å². The van der Waals surface area contributed by atoms with Crippen molar-refractivity contribution in [3.63, 3.8) is 0 Å². The van der Waals surface area contributed by atoms with E-state index in [2.05, 4.69) is 20.1 Å². The molecule has 1 amide bonds. The molecule has 5 aromatic rings. The molecule has 0 bridgehead atoms. The van der Waals surface area contributed by atoms with Crippen LogP contribution in [0.15, 0.2) is 96.0 Å². The molecule has 0 fully saturated rings. The van der Waals surface area contributed by atoms with E-state index in [9.17, 15) is 22.0 Å².